The number of hydrogen-bond acceptors (Lipinski definition) is 2. The van der Waals surface area contributed by atoms with Crippen molar-refractivity contribution in [2.24, 2.45) is 5.92 Å². The third-order valence-corrected chi connectivity index (χ3v) is 2.89. The third-order valence-electron chi connectivity index (χ3n) is 2.89. The first-order valence-electron chi connectivity index (χ1n) is 5.04. The van der Waals surface area contributed by atoms with Crippen LogP contribution in [-0.2, 0) is 0 Å². The van der Waals surface area contributed by atoms with Crippen LogP contribution in [0.2, 0.25) is 0 Å². The van der Waals surface area contributed by atoms with Crippen molar-refractivity contribution in [2.45, 2.75) is 39.3 Å². The van der Waals surface area contributed by atoms with E-state index in [9.17, 15) is 0 Å². The molecule has 1 aliphatic heterocycles. The van der Waals surface area contributed by atoms with Crippen LogP contribution in [0.4, 0.5) is 0 Å². The molecule has 1 aliphatic rings. The van der Waals surface area contributed by atoms with Gasteiger partial charge in [0.25, 0.3) is 0 Å². The number of nitrogens with one attached hydrogen (secondary N) is 1. The van der Waals surface area contributed by atoms with Gasteiger partial charge in [0.2, 0.25) is 0 Å². The molecular formula is C10H22N2. The SMILES string of the molecule is CC(C)C(C)NC1CCN(C)C1. The molecule has 0 aromatic heterocycles. The lowest BCUT2D eigenvalue weighted by Gasteiger charge is -2.22. The molecule has 1 saturated heterocycles. The topological polar surface area (TPSA) is 15.3 Å². The van der Waals surface area contributed by atoms with E-state index in [4.69, 9.17) is 0 Å². The molecule has 72 valence electrons. The molecule has 1 fully saturated rings. The van der Waals surface area contributed by atoms with Crippen molar-refractivity contribution in [1.82, 2.24) is 10.2 Å². The minimum atomic E-state index is 0.654. The van der Waals surface area contributed by atoms with E-state index in [-0.39, 0.29) is 0 Å². The predicted molar refractivity (Wildman–Crippen MR) is 53.3 cm³/mol. The molecule has 2 atom stereocenters. The zero-order valence-electron chi connectivity index (χ0n) is 8.80. The molecule has 0 saturated carbocycles. The van der Waals surface area contributed by atoms with Crippen LogP contribution in [0.3, 0.4) is 0 Å². The van der Waals surface area contributed by atoms with Gasteiger partial charge in [-0.15, -0.1) is 0 Å². The monoisotopic (exact) mass is 170 g/mol. The standard InChI is InChI=1S/C10H22N2/c1-8(2)9(3)11-10-5-6-12(4)7-10/h8-11H,5-7H2,1-4H3. The van der Waals surface area contributed by atoms with Gasteiger partial charge in [0, 0.05) is 18.6 Å². The summed E-state index contributed by atoms with van der Waals surface area (Å²) in [5.74, 6) is 0.746. The van der Waals surface area contributed by atoms with Gasteiger partial charge in [0.15, 0.2) is 0 Å². The van der Waals surface area contributed by atoms with Gasteiger partial charge >= 0.3 is 0 Å². The fraction of sp³-hybridized carbons (Fsp3) is 1.00. The zero-order chi connectivity index (χ0) is 9.14. The Morgan fingerprint density at radius 3 is 2.42 bits per heavy atom. The second-order valence-electron chi connectivity index (χ2n) is 4.45. The summed E-state index contributed by atoms with van der Waals surface area (Å²) in [6.07, 6.45) is 1.31. The maximum Gasteiger partial charge on any atom is 0.0209 e. The molecule has 2 unspecified atom stereocenters. The normalized spacial score (nSPS) is 28.2. The van der Waals surface area contributed by atoms with Crippen molar-refractivity contribution >= 4 is 0 Å². The molecule has 2 heteroatoms. The van der Waals surface area contributed by atoms with Crippen molar-refractivity contribution < 1.29 is 0 Å². The molecular weight excluding hydrogens is 148 g/mol. The highest BCUT2D eigenvalue weighted by atomic mass is 15.2. The molecule has 0 radical (unpaired) electrons. The summed E-state index contributed by atoms with van der Waals surface area (Å²) in [6.45, 7) is 9.30. The molecule has 0 aromatic carbocycles. The Hall–Kier alpha value is -0.0800. The molecule has 0 bridgehead atoms. The van der Waals surface area contributed by atoms with E-state index in [1.165, 1.54) is 19.5 Å². The summed E-state index contributed by atoms with van der Waals surface area (Å²) in [6, 6.07) is 1.38. The number of likely N-dealkylation sites (tertiary alicyclic amines) is 1. The first kappa shape index (κ1) is 10.0. The van der Waals surface area contributed by atoms with E-state index in [1.807, 2.05) is 0 Å². The number of likely N-dealkylation sites (N-methyl/N-ethyl adjacent to an activating group) is 1. The minimum Gasteiger partial charge on any atom is -0.310 e. The Bertz CT molecular complexity index is 134. The molecule has 2 nitrogen and oxygen atoms in total. The predicted octanol–water partition coefficient (Wildman–Crippen LogP) is 1.32. The lowest BCUT2D eigenvalue weighted by molar-refractivity contribution is 0.353. The Labute approximate surface area is 76.3 Å². The smallest absolute Gasteiger partial charge is 0.0209 e. The molecule has 0 amide bonds. The number of nitrogens with zero attached hydrogens (tertiary/aromatic N) is 1. The maximum absolute atomic E-state index is 3.67. The Morgan fingerprint density at radius 1 is 1.33 bits per heavy atom. The minimum absolute atomic E-state index is 0.654. The Morgan fingerprint density at radius 2 is 2.00 bits per heavy atom. The first-order valence-corrected chi connectivity index (χ1v) is 5.04. The summed E-state index contributed by atoms with van der Waals surface area (Å²) >= 11 is 0. The van der Waals surface area contributed by atoms with Crippen molar-refractivity contribution in [1.29, 1.82) is 0 Å². The lowest BCUT2D eigenvalue weighted by Crippen LogP contribution is -2.40. The molecule has 0 aromatic rings. The first-order chi connectivity index (χ1) is 5.59. The van der Waals surface area contributed by atoms with E-state index < -0.39 is 0 Å². The van der Waals surface area contributed by atoms with Gasteiger partial charge in [0.05, 0.1) is 0 Å². The maximum atomic E-state index is 3.67. The fourth-order valence-electron chi connectivity index (χ4n) is 1.64. The van der Waals surface area contributed by atoms with E-state index in [0.717, 1.165) is 12.0 Å². The van der Waals surface area contributed by atoms with Crippen molar-refractivity contribution in [3.8, 4) is 0 Å². The van der Waals surface area contributed by atoms with Gasteiger partial charge in [-0.3, -0.25) is 0 Å². The van der Waals surface area contributed by atoms with E-state index in [2.05, 4.69) is 38.0 Å². The highest BCUT2D eigenvalue weighted by molar-refractivity contribution is 4.81. The van der Waals surface area contributed by atoms with Crippen LogP contribution in [0.25, 0.3) is 0 Å². The molecule has 1 N–H and O–H groups in total. The van der Waals surface area contributed by atoms with Crippen molar-refractivity contribution in [2.75, 3.05) is 20.1 Å². The lowest BCUT2D eigenvalue weighted by atomic mass is 10.1. The largest absolute Gasteiger partial charge is 0.310 e. The summed E-state index contributed by atoms with van der Waals surface area (Å²) < 4.78 is 0. The van der Waals surface area contributed by atoms with Crippen molar-refractivity contribution in [3.05, 3.63) is 0 Å². The van der Waals surface area contributed by atoms with Crippen molar-refractivity contribution in [3.63, 3.8) is 0 Å². The third kappa shape index (κ3) is 2.76. The Kier molecular flexibility index (Phi) is 3.53. The van der Waals surface area contributed by atoms with Crippen LogP contribution in [0.15, 0.2) is 0 Å². The summed E-state index contributed by atoms with van der Waals surface area (Å²) in [4.78, 5) is 2.39. The van der Waals surface area contributed by atoms with Crippen LogP contribution >= 0.6 is 0 Å². The van der Waals surface area contributed by atoms with E-state index in [0.29, 0.717) is 6.04 Å². The van der Waals surface area contributed by atoms with Gasteiger partial charge in [-0.1, -0.05) is 13.8 Å². The average Bonchev–Trinajstić information content (AvgIpc) is 2.35. The van der Waals surface area contributed by atoms with E-state index in [1.54, 1.807) is 0 Å². The van der Waals surface area contributed by atoms with Gasteiger partial charge in [0.1, 0.15) is 0 Å². The van der Waals surface area contributed by atoms with Crippen LogP contribution in [-0.4, -0.2) is 37.1 Å². The van der Waals surface area contributed by atoms with Gasteiger partial charge in [-0.25, -0.2) is 0 Å². The van der Waals surface area contributed by atoms with Crippen LogP contribution in [0, 0.1) is 5.92 Å². The molecule has 0 spiro atoms. The summed E-state index contributed by atoms with van der Waals surface area (Å²) in [7, 11) is 2.20. The molecule has 1 heterocycles. The summed E-state index contributed by atoms with van der Waals surface area (Å²) in [5, 5.41) is 3.67. The zero-order valence-corrected chi connectivity index (χ0v) is 8.80. The van der Waals surface area contributed by atoms with Crippen LogP contribution < -0.4 is 5.32 Å². The number of hydrogen-bond donors (Lipinski definition) is 1. The molecule has 0 aliphatic carbocycles. The van der Waals surface area contributed by atoms with Crippen LogP contribution in [0.1, 0.15) is 27.2 Å². The average molecular weight is 170 g/mol. The second-order valence-corrected chi connectivity index (χ2v) is 4.45. The highest BCUT2D eigenvalue weighted by Crippen LogP contribution is 2.09. The second kappa shape index (κ2) is 4.24. The van der Waals surface area contributed by atoms with Gasteiger partial charge in [-0.2, -0.15) is 0 Å². The van der Waals surface area contributed by atoms with E-state index >= 15 is 0 Å². The fourth-order valence-corrected chi connectivity index (χ4v) is 1.64. The highest BCUT2D eigenvalue weighted by Gasteiger charge is 2.21. The molecule has 1 rings (SSSR count). The Balaban J connectivity index is 2.23. The van der Waals surface area contributed by atoms with Gasteiger partial charge in [-0.05, 0) is 32.9 Å². The van der Waals surface area contributed by atoms with Gasteiger partial charge < -0.3 is 10.2 Å². The van der Waals surface area contributed by atoms with Crippen LogP contribution in [0.5, 0.6) is 0 Å². The quantitative estimate of drug-likeness (QED) is 0.687. The number of rotatable bonds is 3. The molecule has 12 heavy (non-hydrogen) atoms. The summed E-state index contributed by atoms with van der Waals surface area (Å²) in [5.41, 5.74) is 0.